The first-order valence-electron chi connectivity index (χ1n) is 7.18. The Hall–Kier alpha value is -2.75. The average molecular weight is 314 g/mol. The molecule has 0 radical (unpaired) electrons. The van der Waals surface area contributed by atoms with E-state index in [1.165, 1.54) is 30.4 Å². The van der Waals surface area contributed by atoms with E-state index in [1.807, 2.05) is 0 Å². The second-order valence-corrected chi connectivity index (χ2v) is 4.65. The maximum Gasteiger partial charge on any atom is 0.330 e. The van der Waals surface area contributed by atoms with Gasteiger partial charge < -0.3 is 4.74 Å². The lowest BCUT2D eigenvalue weighted by Crippen LogP contribution is -1.99. The van der Waals surface area contributed by atoms with Gasteiger partial charge in [-0.15, -0.1) is 0 Å². The summed E-state index contributed by atoms with van der Waals surface area (Å²) in [5.41, 5.74) is 0.860. The van der Waals surface area contributed by atoms with Gasteiger partial charge in [0.15, 0.2) is 0 Å². The number of halogens is 2. The van der Waals surface area contributed by atoms with Crippen molar-refractivity contribution in [3.8, 4) is 0 Å². The Bertz CT molecular complexity index is 701. The molecule has 0 aliphatic carbocycles. The van der Waals surface area contributed by atoms with Gasteiger partial charge in [0.1, 0.15) is 11.6 Å². The lowest BCUT2D eigenvalue weighted by molar-refractivity contribution is -0.137. The van der Waals surface area contributed by atoms with Crippen LogP contribution in [0, 0.1) is 11.6 Å². The molecular formula is C19H16F2O2. The van der Waals surface area contributed by atoms with E-state index in [9.17, 15) is 13.6 Å². The second-order valence-electron chi connectivity index (χ2n) is 4.65. The van der Waals surface area contributed by atoms with E-state index >= 15 is 0 Å². The van der Waals surface area contributed by atoms with Crippen LogP contribution in [0.5, 0.6) is 0 Å². The van der Waals surface area contributed by atoms with Gasteiger partial charge in [-0.25, -0.2) is 13.6 Å². The maximum atomic E-state index is 14.1. The summed E-state index contributed by atoms with van der Waals surface area (Å²) in [7, 11) is 0. The Morgan fingerprint density at radius 2 is 1.52 bits per heavy atom. The molecule has 0 bridgehead atoms. The molecule has 23 heavy (non-hydrogen) atoms. The number of benzene rings is 2. The lowest BCUT2D eigenvalue weighted by atomic mass is 9.96. The molecule has 0 aliphatic heterocycles. The van der Waals surface area contributed by atoms with E-state index < -0.39 is 17.6 Å². The molecule has 0 N–H and O–H groups in total. The minimum atomic E-state index is -0.509. The Kier molecular flexibility index (Phi) is 5.80. The molecule has 0 spiro atoms. The molecule has 0 aliphatic rings. The van der Waals surface area contributed by atoms with Crippen LogP contribution < -0.4 is 0 Å². The number of hydrogen-bond donors (Lipinski definition) is 0. The van der Waals surface area contributed by atoms with Gasteiger partial charge in [-0.3, -0.25) is 0 Å². The van der Waals surface area contributed by atoms with E-state index in [2.05, 4.69) is 0 Å². The lowest BCUT2D eigenvalue weighted by Gasteiger charge is -2.10. The molecule has 4 heteroatoms. The first-order chi connectivity index (χ1) is 11.1. The molecule has 118 valence electrons. The van der Waals surface area contributed by atoms with Crippen molar-refractivity contribution in [2.75, 3.05) is 6.61 Å². The fraction of sp³-hybridized carbons (Fsp3) is 0.105. The quantitative estimate of drug-likeness (QED) is 0.461. The summed E-state index contributed by atoms with van der Waals surface area (Å²) in [5, 5.41) is 0. The highest BCUT2D eigenvalue weighted by Crippen LogP contribution is 2.27. The Balaban J connectivity index is 2.47. The summed E-state index contributed by atoms with van der Waals surface area (Å²) in [6.07, 6.45) is 4.13. The van der Waals surface area contributed by atoms with Gasteiger partial charge >= 0.3 is 5.97 Å². The van der Waals surface area contributed by atoms with Crippen molar-refractivity contribution < 1.29 is 18.3 Å². The van der Waals surface area contributed by atoms with E-state index in [4.69, 9.17) is 4.74 Å². The summed E-state index contributed by atoms with van der Waals surface area (Å²) in [6.45, 7) is 1.96. The van der Waals surface area contributed by atoms with Crippen LogP contribution in [0.2, 0.25) is 0 Å². The molecule has 2 aromatic carbocycles. The number of rotatable bonds is 5. The molecule has 0 heterocycles. The summed E-state index contributed by atoms with van der Waals surface area (Å²) in [5.74, 6) is -1.44. The van der Waals surface area contributed by atoms with Gasteiger partial charge in [0, 0.05) is 17.2 Å². The van der Waals surface area contributed by atoms with Gasteiger partial charge in [0.05, 0.1) is 6.61 Å². The molecule has 0 saturated heterocycles. The van der Waals surface area contributed by atoms with Crippen molar-refractivity contribution in [1.29, 1.82) is 0 Å². The number of ether oxygens (including phenoxy) is 1. The SMILES string of the molecule is CCOC(=O)/C=C/C=C(c1ccccc1F)c1ccccc1F. The largest absolute Gasteiger partial charge is 0.463 e. The molecule has 0 unspecified atom stereocenters. The first-order valence-corrected chi connectivity index (χ1v) is 7.18. The van der Waals surface area contributed by atoms with Crippen molar-refractivity contribution in [2.45, 2.75) is 6.92 Å². The maximum absolute atomic E-state index is 14.1. The van der Waals surface area contributed by atoms with Gasteiger partial charge in [-0.2, -0.15) is 0 Å². The zero-order valence-corrected chi connectivity index (χ0v) is 12.6. The fourth-order valence-corrected chi connectivity index (χ4v) is 2.10. The van der Waals surface area contributed by atoms with Crippen LogP contribution in [0.25, 0.3) is 5.57 Å². The fourth-order valence-electron chi connectivity index (χ4n) is 2.10. The van der Waals surface area contributed by atoms with Crippen molar-refractivity contribution in [2.24, 2.45) is 0 Å². The number of esters is 1. The minimum Gasteiger partial charge on any atom is -0.463 e. The molecule has 0 aromatic heterocycles. The smallest absolute Gasteiger partial charge is 0.330 e. The van der Waals surface area contributed by atoms with Gasteiger partial charge in [-0.1, -0.05) is 48.6 Å². The summed E-state index contributed by atoms with van der Waals surface area (Å²) in [6, 6.07) is 12.2. The molecule has 0 fully saturated rings. The number of hydrogen-bond acceptors (Lipinski definition) is 2. The zero-order chi connectivity index (χ0) is 16.7. The summed E-state index contributed by atoms with van der Waals surface area (Å²) < 4.78 is 32.9. The van der Waals surface area contributed by atoms with Gasteiger partial charge in [-0.05, 0) is 24.6 Å². The van der Waals surface area contributed by atoms with E-state index in [0.29, 0.717) is 5.57 Å². The first kappa shape index (κ1) is 16.6. The van der Waals surface area contributed by atoms with Gasteiger partial charge in [0.25, 0.3) is 0 Å². The summed E-state index contributed by atoms with van der Waals surface area (Å²) in [4.78, 5) is 11.3. The van der Waals surface area contributed by atoms with Crippen LogP contribution in [0.15, 0.2) is 66.8 Å². The Labute approximate surface area is 133 Å². The highest BCUT2D eigenvalue weighted by atomic mass is 19.1. The predicted molar refractivity (Wildman–Crippen MR) is 85.7 cm³/mol. The van der Waals surface area contributed by atoms with Crippen molar-refractivity contribution in [1.82, 2.24) is 0 Å². The highest BCUT2D eigenvalue weighted by Gasteiger charge is 2.12. The zero-order valence-electron chi connectivity index (χ0n) is 12.6. The second kappa shape index (κ2) is 8.03. The predicted octanol–water partition coefficient (Wildman–Crippen LogP) is 4.52. The molecule has 0 atom stereocenters. The normalized spacial score (nSPS) is 10.6. The van der Waals surface area contributed by atoms with Crippen molar-refractivity contribution in [3.05, 3.63) is 89.5 Å². The standard InChI is InChI=1S/C19H16F2O2/c1-2-23-19(22)13-7-10-14(15-8-3-5-11-17(15)20)16-9-4-6-12-18(16)21/h3-13H,2H2,1H3/b13-7+. The molecular weight excluding hydrogens is 298 g/mol. The molecule has 2 rings (SSSR count). The van der Waals surface area contributed by atoms with Crippen LogP contribution in [0.3, 0.4) is 0 Å². The van der Waals surface area contributed by atoms with E-state index in [-0.39, 0.29) is 17.7 Å². The average Bonchev–Trinajstić information content (AvgIpc) is 2.54. The van der Waals surface area contributed by atoms with Crippen molar-refractivity contribution >= 4 is 11.5 Å². The third kappa shape index (κ3) is 4.36. The molecule has 2 aromatic rings. The Morgan fingerprint density at radius 1 is 1.00 bits per heavy atom. The minimum absolute atomic E-state index is 0.256. The van der Waals surface area contributed by atoms with Crippen LogP contribution in [0.4, 0.5) is 8.78 Å². The molecule has 2 nitrogen and oxygen atoms in total. The Morgan fingerprint density at radius 3 is 2.00 bits per heavy atom. The third-order valence-corrected chi connectivity index (χ3v) is 3.11. The van der Waals surface area contributed by atoms with E-state index in [1.54, 1.807) is 43.3 Å². The van der Waals surface area contributed by atoms with Gasteiger partial charge in [0.2, 0.25) is 0 Å². The number of carbonyl (C=O) groups excluding carboxylic acids is 1. The van der Waals surface area contributed by atoms with Crippen LogP contribution in [-0.2, 0) is 9.53 Å². The van der Waals surface area contributed by atoms with E-state index in [0.717, 1.165) is 0 Å². The summed E-state index contributed by atoms with van der Waals surface area (Å²) >= 11 is 0. The monoisotopic (exact) mass is 314 g/mol. The van der Waals surface area contributed by atoms with Crippen LogP contribution in [-0.4, -0.2) is 12.6 Å². The number of carbonyl (C=O) groups is 1. The number of allylic oxidation sites excluding steroid dienone is 2. The van der Waals surface area contributed by atoms with Crippen LogP contribution in [0.1, 0.15) is 18.1 Å². The molecule has 0 saturated carbocycles. The molecule has 0 amide bonds. The van der Waals surface area contributed by atoms with Crippen molar-refractivity contribution in [3.63, 3.8) is 0 Å². The third-order valence-electron chi connectivity index (χ3n) is 3.11. The van der Waals surface area contributed by atoms with Crippen LogP contribution >= 0.6 is 0 Å². The topological polar surface area (TPSA) is 26.3 Å². The highest BCUT2D eigenvalue weighted by molar-refractivity contribution is 5.85.